The van der Waals surface area contributed by atoms with E-state index in [0.29, 0.717) is 23.3 Å². The van der Waals surface area contributed by atoms with Gasteiger partial charge in [0.05, 0.1) is 23.9 Å². The largest absolute Gasteiger partial charge is 0.510 e. The summed E-state index contributed by atoms with van der Waals surface area (Å²) in [6.45, 7) is 1.76. The molecule has 11 nitrogen and oxygen atoms in total. The third kappa shape index (κ3) is 4.23. The summed E-state index contributed by atoms with van der Waals surface area (Å²) in [6.07, 6.45) is 6.17. The highest BCUT2D eigenvalue weighted by Gasteiger charge is 2.68. The molecule has 2 unspecified atom stereocenters. The Balaban J connectivity index is 1.38. The van der Waals surface area contributed by atoms with Crippen molar-refractivity contribution >= 4 is 23.4 Å². The van der Waals surface area contributed by atoms with Crippen molar-refractivity contribution in [2.45, 2.75) is 82.0 Å². The second-order valence-electron chi connectivity index (χ2n) is 15.2. The van der Waals surface area contributed by atoms with E-state index in [0.717, 1.165) is 25.7 Å². The van der Waals surface area contributed by atoms with Gasteiger partial charge in [0.15, 0.2) is 11.4 Å². The first-order valence-corrected chi connectivity index (χ1v) is 16.3. The first-order valence-electron chi connectivity index (χ1n) is 16.3. The Labute approximate surface area is 267 Å². The minimum Gasteiger partial charge on any atom is -0.510 e. The second kappa shape index (κ2) is 10.4. The van der Waals surface area contributed by atoms with Gasteiger partial charge in [0, 0.05) is 11.5 Å². The number of aliphatic hydroxyl groups is 3. The molecule has 1 amide bonds. The molecule has 6 N–H and O–H groups in total. The molecule has 0 saturated heterocycles. The number of hydrogen-bond donors (Lipinski definition) is 5. The van der Waals surface area contributed by atoms with Crippen molar-refractivity contribution in [1.29, 1.82) is 0 Å². The Morgan fingerprint density at radius 2 is 1.70 bits per heavy atom. The molecular formula is C35H42N2O9. The summed E-state index contributed by atoms with van der Waals surface area (Å²) in [5, 5.41) is 46.2. The van der Waals surface area contributed by atoms with Crippen LogP contribution in [0.4, 0.5) is 0 Å². The van der Waals surface area contributed by atoms with Crippen LogP contribution in [0, 0.1) is 35.0 Å². The van der Waals surface area contributed by atoms with Crippen LogP contribution in [0.5, 0.6) is 5.75 Å². The summed E-state index contributed by atoms with van der Waals surface area (Å²) in [7, 11) is 3.10. The Kier molecular flexibility index (Phi) is 6.99. The number of carbonyl (C=O) groups excluding carboxylic acids is 4. The van der Waals surface area contributed by atoms with Gasteiger partial charge in [-0.15, -0.1) is 0 Å². The van der Waals surface area contributed by atoms with E-state index in [9.17, 15) is 39.6 Å². The highest BCUT2D eigenvalue weighted by atomic mass is 16.5. The van der Waals surface area contributed by atoms with Crippen LogP contribution in [0.15, 0.2) is 40.9 Å². The summed E-state index contributed by atoms with van der Waals surface area (Å²) in [5.74, 6) is -7.49. The van der Waals surface area contributed by atoms with Crippen LogP contribution >= 0.6 is 0 Å². The number of rotatable bonds is 5. The van der Waals surface area contributed by atoms with Crippen LogP contribution in [-0.2, 0) is 19.1 Å². The highest BCUT2D eigenvalue weighted by molar-refractivity contribution is 6.25. The molecule has 8 atom stereocenters. The first kappa shape index (κ1) is 30.9. The molecule has 0 aliphatic heterocycles. The molecular weight excluding hydrogens is 592 g/mol. The second-order valence-corrected chi connectivity index (χ2v) is 15.2. The van der Waals surface area contributed by atoms with Crippen LogP contribution in [0.1, 0.15) is 80.1 Å². The standard InChI is InChI=1S/C35H42N2O9/c1-15-19-5-4-6-20(38)23(19)28(40)24-22(15)30(46-21(39)14-34-8-7-16-9-17(12-34)11-18(10-16)13-34)26-27(37(2)3)29(41)25(33(36)44)32(43)35(26,45)31(24)42/h4-6,15-18,22,26-27,30,38,41-42,45H,7-14H2,1-3H3,(H2,36,44)/t15-,16?,17?,18?,22+,26+,27-,30-,34?,35-/m0/s1. The zero-order valence-corrected chi connectivity index (χ0v) is 26.4. The molecule has 4 saturated carbocycles. The summed E-state index contributed by atoms with van der Waals surface area (Å²) in [4.78, 5) is 56.2. The lowest BCUT2D eigenvalue weighted by Crippen LogP contribution is -2.69. The normalized spacial score (nSPS) is 39.6. The number of carbonyl (C=O) groups is 4. The molecule has 246 valence electrons. The van der Waals surface area contributed by atoms with E-state index in [2.05, 4.69) is 0 Å². The van der Waals surface area contributed by atoms with Crippen molar-refractivity contribution in [2.24, 2.45) is 40.7 Å². The van der Waals surface area contributed by atoms with Crippen LogP contribution in [0.3, 0.4) is 0 Å². The van der Waals surface area contributed by atoms with Crippen molar-refractivity contribution in [3.63, 3.8) is 0 Å². The Morgan fingerprint density at radius 3 is 2.33 bits per heavy atom. The number of hydrogen-bond acceptors (Lipinski definition) is 10. The number of likely N-dealkylation sites (N-methyl/N-ethyl adjacent to an activating group) is 1. The van der Waals surface area contributed by atoms with Gasteiger partial charge in [0.25, 0.3) is 5.91 Å². The fraction of sp³-hybridized carbons (Fsp3) is 0.600. The Bertz CT molecular complexity index is 1610. The van der Waals surface area contributed by atoms with Gasteiger partial charge in [-0.3, -0.25) is 24.1 Å². The van der Waals surface area contributed by atoms with E-state index in [1.165, 1.54) is 30.2 Å². The predicted octanol–water partition coefficient (Wildman–Crippen LogP) is 3.20. The smallest absolute Gasteiger partial charge is 0.306 e. The van der Waals surface area contributed by atoms with E-state index in [1.807, 2.05) is 0 Å². The van der Waals surface area contributed by atoms with Crippen molar-refractivity contribution in [3.8, 4) is 5.75 Å². The average molecular weight is 635 g/mol. The number of nitrogens with zero attached hydrogens (tertiary/aromatic N) is 1. The zero-order valence-electron chi connectivity index (χ0n) is 26.4. The van der Waals surface area contributed by atoms with Gasteiger partial charge in [0.1, 0.15) is 28.9 Å². The van der Waals surface area contributed by atoms with Gasteiger partial charge in [-0.1, -0.05) is 19.1 Å². The van der Waals surface area contributed by atoms with E-state index in [1.54, 1.807) is 33.2 Å². The van der Waals surface area contributed by atoms with Crippen LogP contribution in [0.2, 0.25) is 0 Å². The van der Waals surface area contributed by atoms with Crippen LogP contribution in [0.25, 0.3) is 0 Å². The fourth-order valence-corrected chi connectivity index (χ4v) is 10.7. The van der Waals surface area contributed by atoms with Gasteiger partial charge < -0.3 is 30.9 Å². The van der Waals surface area contributed by atoms with E-state index >= 15 is 0 Å². The SMILES string of the molecule is C[C@H]1c2cccc(O)c2C(=O)C2=C(O)[C@]3(O)C(=O)C(C(N)=O)=C(O)[C@@H](N(C)C)[C@@H]3[C@@H](OC(=O)CC34CCC5CC(CC(C5)C3)C4)[C@@H]21. The maximum absolute atomic E-state index is 14.2. The van der Waals surface area contributed by atoms with Gasteiger partial charge in [-0.25, -0.2) is 0 Å². The molecule has 46 heavy (non-hydrogen) atoms. The molecule has 1 aromatic carbocycles. The number of ether oxygens (including phenoxy) is 1. The lowest BCUT2D eigenvalue weighted by atomic mass is 9.55. The third-order valence-corrected chi connectivity index (χ3v) is 12.3. The minimum atomic E-state index is -2.95. The quantitative estimate of drug-likeness (QED) is 0.238. The molecule has 0 aromatic heterocycles. The molecule has 1 aromatic rings. The maximum atomic E-state index is 14.2. The Morgan fingerprint density at radius 1 is 1.04 bits per heavy atom. The predicted molar refractivity (Wildman–Crippen MR) is 163 cm³/mol. The summed E-state index contributed by atoms with van der Waals surface area (Å²) in [6, 6.07) is 3.28. The van der Waals surface area contributed by atoms with Crippen LogP contribution < -0.4 is 5.73 Å². The molecule has 7 aliphatic rings. The number of fused-ring (bicyclic) bond motifs is 4. The monoisotopic (exact) mass is 634 g/mol. The number of esters is 1. The van der Waals surface area contributed by atoms with E-state index in [-0.39, 0.29) is 28.7 Å². The number of phenols is 1. The molecule has 0 spiro atoms. The van der Waals surface area contributed by atoms with Crippen molar-refractivity contribution in [3.05, 3.63) is 52.0 Å². The average Bonchev–Trinajstić information content (AvgIpc) is 3.16. The van der Waals surface area contributed by atoms with Gasteiger partial charge in [-0.2, -0.15) is 0 Å². The van der Waals surface area contributed by atoms with Gasteiger partial charge >= 0.3 is 5.97 Å². The first-order chi connectivity index (χ1) is 21.7. The molecule has 0 heterocycles. The number of ketones is 2. The summed E-state index contributed by atoms with van der Waals surface area (Å²) in [5.41, 5.74) is 1.42. The van der Waals surface area contributed by atoms with Crippen molar-refractivity contribution in [2.75, 3.05) is 14.1 Å². The summed E-state index contributed by atoms with van der Waals surface area (Å²) < 4.78 is 6.37. The molecule has 4 fully saturated rings. The number of aromatic hydroxyl groups is 1. The van der Waals surface area contributed by atoms with Gasteiger partial charge in [-0.05, 0) is 99.8 Å². The third-order valence-electron chi connectivity index (χ3n) is 12.3. The van der Waals surface area contributed by atoms with Crippen LogP contribution in [-0.4, -0.2) is 80.6 Å². The van der Waals surface area contributed by atoms with Crippen molar-refractivity contribution in [1.82, 2.24) is 4.90 Å². The number of aliphatic hydroxyl groups excluding tert-OH is 2. The maximum Gasteiger partial charge on any atom is 0.306 e. The molecule has 0 radical (unpaired) electrons. The van der Waals surface area contributed by atoms with Crippen molar-refractivity contribution < 1.29 is 44.3 Å². The molecule has 8 rings (SSSR count). The fourth-order valence-electron chi connectivity index (χ4n) is 10.7. The number of primary amides is 1. The Hall–Kier alpha value is -3.70. The topological polar surface area (TPSA) is 188 Å². The zero-order chi connectivity index (χ0) is 33.0. The lowest BCUT2D eigenvalue weighted by Gasteiger charge is -2.54. The van der Waals surface area contributed by atoms with E-state index in [4.69, 9.17) is 10.5 Å². The minimum absolute atomic E-state index is 0.0922. The molecule has 7 aliphatic carbocycles. The van der Waals surface area contributed by atoms with Gasteiger partial charge in [0.2, 0.25) is 5.78 Å². The lowest BCUT2D eigenvalue weighted by molar-refractivity contribution is -0.183. The van der Waals surface area contributed by atoms with E-state index < -0.39 is 76.0 Å². The number of phenolic OH excluding ortho intramolecular Hbond substituents is 1. The number of benzene rings is 1. The molecule has 4 bridgehead atoms. The molecule has 11 heteroatoms. The number of Topliss-reactive ketones (excluding diaryl/α,β-unsaturated/α-hetero) is 2. The summed E-state index contributed by atoms with van der Waals surface area (Å²) >= 11 is 0. The number of amides is 1. The number of nitrogens with two attached hydrogens (primary N) is 1. The highest BCUT2D eigenvalue weighted by Crippen LogP contribution is 2.60.